The van der Waals surface area contributed by atoms with Crippen molar-refractivity contribution >= 4 is 0 Å². The van der Waals surface area contributed by atoms with Gasteiger partial charge in [-0.3, -0.25) is 9.69 Å². The van der Waals surface area contributed by atoms with E-state index in [4.69, 9.17) is 4.74 Å². The first-order valence-corrected chi connectivity index (χ1v) is 8.62. The highest BCUT2D eigenvalue weighted by molar-refractivity contribution is 4.99. The van der Waals surface area contributed by atoms with Gasteiger partial charge < -0.3 is 14.3 Å². The van der Waals surface area contributed by atoms with Crippen LogP contribution in [0.3, 0.4) is 0 Å². The summed E-state index contributed by atoms with van der Waals surface area (Å²) in [4.78, 5) is 24.9. The van der Waals surface area contributed by atoms with E-state index in [9.17, 15) is 4.79 Å². The van der Waals surface area contributed by atoms with Crippen LogP contribution in [0.15, 0.2) is 29.6 Å². The molecule has 130 valence electrons. The minimum Gasteiger partial charge on any atom is -0.376 e. The summed E-state index contributed by atoms with van der Waals surface area (Å²) in [6.07, 6.45) is 8.30. The average Bonchev–Trinajstić information content (AvgIpc) is 3.01. The molecule has 1 atom stereocenters. The molecular formula is C17H25N5O2. The van der Waals surface area contributed by atoms with Gasteiger partial charge in [-0.25, -0.2) is 9.97 Å². The van der Waals surface area contributed by atoms with E-state index >= 15 is 0 Å². The van der Waals surface area contributed by atoms with Crippen LogP contribution in [0.1, 0.15) is 31.3 Å². The van der Waals surface area contributed by atoms with Gasteiger partial charge in [0.15, 0.2) is 0 Å². The Labute approximate surface area is 141 Å². The molecule has 0 unspecified atom stereocenters. The van der Waals surface area contributed by atoms with Crippen LogP contribution < -0.4 is 5.56 Å². The second kappa shape index (κ2) is 8.21. The Morgan fingerprint density at radius 2 is 2.33 bits per heavy atom. The summed E-state index contributed by atoms with van der Waals surface area (Å²) in [6, 6.07) is 1.56. The molecule has 0 bridgehead atoms. The number of imidazole rings is 1. The van der Waals surface area contributed by atoms with Crippen molar-refractivity contribution in [1.82, 2.24) is 24.4 Å². The summed E-state index contributed by atoms with van der Waals surface area (Å²) in [6.45, 7) is 6.60. The molecule has 2 aromatic rings. The molecule has 3 rings (SSSR count). The third-order valence-corrected chi connectivity index (χ3v) is 4.31. The predicted octanol–water partition coefficient (Wildman–Crippen LogP) is 1.21. The molecule has 0 aromatic carbocycles. The van der Waals surface area contributed by atoms with Gasteiger partial charge >= 0.3 is 0 Å². The minimum atomic E-state index is -0.103. The summed E-state index contributed by atoms with van der Waals surface area (Å²) in [7, 11) is 0. The molecule has 7 heteroatoms. The molecule has 0 saturated carbocycles. The van der Waals surface area contributed by atoms with Crippen molar-refractivity contribution in [2.75, 3.05) is 19.7 Å². The Morgan fingerprint density at radius 1 is 1.42 bits per heavy atom. The molecule has 24 heavy (non-hydrogen) atoms. The van der Waals surface area contributed by atoms with Gasteiger partial charge in [0.05, 0.1) is 25.6 Å². The predicted molar refractivity (Wildman–Crippen MR) is 90.7 cm³/mol. The molecule has 1 aliphatic rings. The van der Waals surface area contributed by atoms with Gasteiger partial charge in [-0.1, -0.05) is 6.92 Å². The zero-order valence-corrected chi connectivity index (χ0v) is 14.1. The zero-order chi connectivity index (χ0) is 16.8. The molecule has 1 N–H and O–H groups in total. The SMILES string of the molecule is CCCn1ccnc1CN1CCO[C@H](CCc2cc(=O)[nH]cn2)C1. The first-order chi connectivity index (χ1) is 11.7. The highest BCUT2D eigenvalue weighted by Crippen LogP contribution is 2.14. The Morgan fingerprint density at radius 3 is 3.17 bits per heavy atom. The molecule has 2 aromatic heterocycles. The van der Waals surface area contributed by atoms with Gasteiger partial charge in [-0.05, 0) is 19.3 Å². The van der Waals surface area contributed by atoms with Crippen LogP contribution in [0.5, 0.6) is 0 Å². The number of aromatic amines is 1. The van der Waals surface area contributed by atoms with Crippen molar-refractivity contribution in [3.05, 3.63) is 46.7 Å². The number of nitrogens with zero attached hydrogens (tertiary/aromatic N) is 4. The van der Waals surface area contributed by atoms with E-state index in [1.54, 1.807) is 6.07 Å². The lowest BCUT2D eigenvalue weighted by atomic mass is 10.1. The standard InChI is InChI=1S/C17H25N5O2/c1-2-6-22-7-5-18-16(22)12-21-8-9-24-15(11-21)4-3-14-10-17(23)20-13-19-14/h5,7,10,13,15H,2-4,6,8-9,11-12H2,1H3,(H,19,20,23)/t15-/m1/s1. The van der Waals surface area contributed by atoms with E-state index in [1.165, 1.54) is 6.33 Å². The fourth-order valence-corrected chi connectivity index (χ4v) is 3.09. The summed E-state index contributed by atoms with van der Waals surface area (Å²) >= 11 is 0. The Balaban J connectivity index is 1.52. The van der Waals surface area contributed by atoms with Gasteiger partial charge in [0, 0.05) is 43.8 Å². The third-order valence-electron chi connectivity index (χ3n) is 4.31. The van der Waals surface area contributed by atoms with Crippen molar-refractivity contribution in [1.29, 1.82) is 0 Å². The number of H-pyrrole nitrogens is 1. The van der Waals surface area contributed by atoms with Crippen LogP contribution in [-0.2, 0) is 24.2 Å². The van der Waals surface area contributed by atoms with Gasteiger partial charge in [0.25, 0.3) is 5.56 Å². The molecule has 1 saturated heterocycles. The Bertz CT molecular complexity index is 696. The average molecular weight is 331 g/mol. The van der Waals surface area contributed by atoms with Gasteiger partial charge in [-0.15, -0.1) is 0 Å². The quantitative estimate of drug-likeness (QED) is 0.825. The smallest absolute Gasteiger partial charge is 0.250 e. The van der Waals surface area contributed by atoms with Crippen LogP contribution in [0.4, 0.5) is 0 Å². The lowest BCUT2D eigenvalue weighted by Gasteiger charge is -2.32. The van der Waals surface area contributed by atoms with Gasteiger partial charge in [-0.2, -0.15) is 0 Å². The van der Waals surface area contributed by atoms with E-state index in [0.717, 1.165) is 63.6 Å². The largest absolute Gasteiger partial charge is 0.376 e. The molecule has 1 fully saturated rings. The van der Waals surface area contributed by atoms with E-state index in [2.05, 4.69) is 37.5 Å². The Hall–Kier alpha value is -1.99. The lowest BCUT2D eigenvalue weighted by Crippen LogP contribution is -2.42. The summed E-state index contributed by atoms with van der Waals surface area (Å²) in [5.74, 6) is 1.12. The fraction of sp³-hybridized carbons (Fsp3) is 0.588. The third kappa shape index (κ3) is 4.52. The van der Waals surface area contributed by atoms with Gasteiger partial charge in [0.1, 0.15) is 5.82 Å². The summed E-state index contributed by atoms with van der Waals surface area (Å²) in [5, 5.41) is 0. The van der Waals surface area contributed by atoms with Crippen molar-refractivity contribution < 1.29 is 4.74 Å². The number of hydrogen-bond acceptors (Lipinski definition) is 5. The molecule has 1 aliphatic heterocycles. The molecule has 3 heterocycles. The van der Waals surface area contributed by atoms with Crippen molar-refractivity contribution in [2.24, 2.45) is 0 Å². The fourth-order valence-electron chi connectivity index (χ4n) is 3.09. The first kappa shape index (κ1) is 16.9. The monoisotopic (exact) mass is 331 g/mol. The second-order valence-corrected chi connectivity index (χ2v) is 6.21. The number of rotatable bonds is 7. The number of aromatic nitrogens is 4. The number of nitrogens with one attached hydrogen (secondary N) is 1. The zero-order valence-electron chi connectivity index (χ0n) is 14.1. The number of aryl methyl sites for hydroxylation is 2. The van der Waals surface area contributed by atoms with E-state index in [1.807, 2.05) is 6.20 Å². The maximum atomic E-state index is 11.3. The van der Waals surface area contributed by atoms with E-state index in [-0.39, 0.29) is 11.7 Å². The minimum absolute atomic E-state index is 0.103. The number of hydrogen-bond donors (Lipinski definition) is 1. The van der Waals surface area contributed by atoms with Crippen LogP contribution in [-0.4, -0.2) is 50.2 Å². The Kier molecular flexibility index (Phi) is 5.77. The van der Waals surface area contributed by atoms with Crippen molar-refractivity contribution in [3.63, 3.8) is 0 Å². The van der Waals surface area contributed by atoms with Crippen molar-refractivity contribution in [3.8, 4) is 0 Å². The molecule has 0 radical (unpaired) electrons. The van der Waals surface area contributed by atoms with E-state index in [0.29, 0.717) is 0 Å². The van der Waals surface area contributed by atoms with Crippen LogP contribution in [0.2, 0.25) is 0 Å². The van der Waals surface area contributed by atoms with Crippen molar-refractivity contribution in [2.45, 2.75) is 45.4 Å². The van der Waals surface area contributed by atoms with Gasteiger partial charge in [0.2, 0.25) is 0 Å². The van der Waals surface area contributed by atoms with Crippen LogP contribution in [0, 0.1) is 0 Å². The normalized spacial score (nSPS) is 18.8. The second-order valence-electron chi connectivity index (χ2n) is 6.21. The molecular weight excluding hydrogens is 306 g/mol. The lowest BCUT2D eigenvalue weighted by molar-refractivity contribution is -0.0356. The molecule has 0 amide bonds. The highest BCUT2D eigenvalue weighted by atomic mass is 16.5. The maximum absolute atomic E-state index is 11.3. The summed E-state index contributed by atoms with van der Waals surface area (Å²) in [5.41, 5.74) is 0.715. The summed E-state index contributed by atoms with van der Waals surface area (Å²) < 4.78 is 8.10. The van der Waals surface area contributed by atoms with E-state index < -0.39 is 0 Å². The first-order valence-electron chi connectivity index (χ1n) is 8.62. The number of ether oxygens (including phenoxy) is 1. The van der Waals surface area contributed by atoms with Crippen LogP contribution >= 0.6 is 0 Å². The highest BCUT2D eigenvalue weighted by Gasteiger charge is 2.21. The molecule has 0 spiro atoms. The molecule has 0 aliphatic carbocycles. The van der Waals surface area contributed by atoms with Crippen LogP contribution in [0.25, 0.3) is 0 Å². The number of morpholine rings is 1. The molecule has 7 nitrogen and oxygen atoms in total. The topological polar surface area (TPSA) is 76.0 Å². The maximum Gasteiger partial charge on any atom is 0.250 e.